The first kappa shape index (κ1) is 44.3. The first-order chi connectivity index (χ1) is 27.0. The Kier molecular flexibility index (Phi) is 14.9. The van der Waals surface area contributed by atoms with Crippen LogP contribution in [-0.4, -0.2) is 74.1 Å². The van der Waals surface area contributed by atoms with Gasteiger partial charge in [-0.3, -0.25) is 18.4 Å². The van der Waals surface area contributed by atoms with E-state index in [0.29, 0.717) is 27.7 Å². The molecule has 6 rings (SSSR count). The van der Waals surface area contributed by atoms with Gasteiger partial charge in [0, 0.05) is 35.8 Å². The largest absolute Gasteiger partial charge is 0.465 e. The van der Waals surface area contributed by atoms with Crippen molar-refractivity contribution in [3.05, 3.63) is 119 Å². The molecule has 14 nitrogen and oxygen atoms in total. The van der Waals surface area contributed by atoms with Crippen LogP contribution in [0.1, 0.15) is 45.7 Å². The van der Waals surface area contributed by atoms with E-state index in [-0.39, 0.29) is 34.7 Å². The van der Waals surface area contributed by atoms with Gasteiger partial charge >= 0.3 is 11.9 Å². The molecular weight excluding hydrogens is 850 g/mol. The second-order valence-electron chi connectivity index (χ2n) is 12.1. The van der Waals surface area contributed by atoms with Crippen molar-refractivity contribution < 1.29 is 44.7 Å². The van der Waals surface area contributed by atoms with Crippen molar-refractivity contribution in [2.75, 3.05) is 34.8 Å². The van der Waals surface area contributed by atoms with Crippen molar-refractivity contribution in [3.8, 4) is 0 Å². The minimum atomic E-state index is -3.70. The Morgan fingerprint density at radius 3 is 1.75 bits per heavy atom. The minimum absolute atomic E-state index is 0.0583. The van der Waals surface area contributed by atoms with E-state index in [0.717, 1.165) is 22.5 Å². The number of nitrogens with zero attached hydrogens (tertiary/aromatic N) is 5. The summed E-state index contributed by atoms with van der Waals surface area (Å²) in [6.07, 6.45) is 3.24. The van der Waals surface area contributed by atoms with Gasteiger partial charge in [-0.1, -0.05) is 40.2 Å². The fourth-order valence-corrected chi connectivity index (χ4v) is 7.57. The van der Waals surface area contributed by atoms with E-state index in [1.165, 1.54) is 49.7 Å². The van der Waals surface area contributed by atoms with Crippen LogP contribution in [0.3, 0.4) is 0 Å². The Labute approximate surface area is 337 Å². The zero-order valence-corrected chi connectivity index (χ0v) is 35.1. The lowest BCUT2D eigenvalue weighted by molar-refractivity contribution is 0.0591. The molecule has 2 aromatic heterocycles. The van der Waals surface area contributed by atoms with E-state index in [1.807, 2.05) is 19.2 Å². The Hall–Kier alpha value is -5.40. The zero-order chi connectivity index (χ0) is 42.1. The standard InChI is InChI=1S/C19H20FN3O4S.C10H13N3O2S.C9H8BrFO2/c1-4-28(25,26)23(18-7-5-6-17-15(18)11-21-22(17)2)12-14-9-8-13(10-16(14)20)19(24)27-3;1-3-16(14,15)12-9-5-4-6-10-8(9)7-11-13(10)2;1-13-9(12)6-2-3-7(5-10)8(11)4-6/h5-11H,4,12H2,1-3H3;4-7,12H,3H2,1-2H3;2-4H,5H2,1H3. The second kappa shape index (κ2) is 19.2. The molecule has 0 aliphatic rings. The van der Waals surface area contributed by atoms with Crippen molar-refractivity contribution in [2.24, 2.45) is 14.1 Å². The molecule has 0 radical (unpaired) electrons. The smallest absolute Gasteiger partial charge is 0.337 e. The topological polar surface area (TPSA) is 172 Å². The maximum absolute atomic E-state index is 14.6. The number of carbonyl (C=O) groups excluding carboxylic acids is 2. The second-order valence-corrected chi connectivity index (χ2v) is 16.9. The SMILES string of the molecule is CCS(=O)(=O)N(Cc1ccc(C(=O)OC)cc1F)c1cccc2c1cnn2C.CCS(=O)(=O)Nc1cccc2c1cnn2C.COC(=O)c1ccc(CBr)c(F)c1. The van der Waals surface area contributed by atoms with Gasteiger partial charge in [0.05, 0.1) is 78.2 Å². The number of methoxy groups -OCH3 is 2. The third-order valence-corrected chi connectivity index (χ3v) is 12.2. The monoisotopic (exact) mass is 890 g/mol. The fraction of sp³-hybridized carbons (Fsp3) is 0.263. The van der Waals surface area contributed by atoms with Crippen LogP contribution in [0.5, 0.6) is 0 Å². The van der Waals surface area contributed by atoms with Gasteiger partial charge < -0.3 is 9.47 Å². The fourth-order valence-electron chi connectivity index (χ4n) is 5.35. The number of alkyl halides is 1. The molecule has 0 aliphatic heterocycles. The van der Waals surface area contributed by atoms with E-state index in [1.54, 1.807) is 66.1 Å². The van der Waals surface area contributed by atoms with Crippen LogP contribution in [0, 0.1) is 11.6 Å². The number of halogens is 3. The Morgan fingerprint density at radius 2 is 1.26 bits per heavy atom. The van der Waals surface area contributed by atoms with Crippen molar-refractivity contribution in [1.82, 2.24) is 19.6 Å². The quantitative estimate of drug-likeness (QED) is 0.109. The molecule has 57 heavy (non-hydrogen) atoms. The summed E-state index contributed by atoms with van der Waals surface area (Å²) in [6, 6.07) is 18.8. The average Bonchev–Trinajstić information content (AvgIpc) is 3.79. The third-order valence-electron chi connectivity index (χ3n) is 8.58. The Bertz CT molecular complexity index is 2620. The Balaban J connectivity index is 0.000000209. The van der Waals surface area contributed by atoms with Crippen molar-refractivity contribution in [3.63, 3.8) is 0 Å². The number of aryl methyl sites for hydroxylation is 2. The number of ether oxygens (including phenoxy) is 2. The van der Waals surface area contributed by atoms with Crippen LogP contribution >= 0.6 is 15.9 Å². The van der Waals surface area contributed by atoms with E-state index >= 15 is 0 Å². The number of carbonyl (C=O) groups is 2. The molecule has 0 amide bonds. The summed E-state index contributed by atoms with van der Waals surface area (Å²) < 4.78 is 92.3. The highest BCUT2D eigenvalue weighted by molar-refractivity contribution is 9.08. The number of rotatable bonds is 11. The van der Waals surface area contributed by atoms with Gasteiger partial charge in [-0.25, -0.2) is 35.2 Å². The zero-order valence-electron chi connectivity index (χ0n) is 31.9. The first-order valence-corrected chi connectivity index (χ1v) is 21.5. The number of hydrogen-bond acceptors (Lipinski definition) is 10. The normalized spacial score (nSPS) is 11.2. The molecule has 19 heteroatoms. The van der Waals surface area contributed by atoms with Crippen LogP contribution in [0.25, 0.3) is 21.8 Å². The summed E-state index contributed by atoms with van der Waals surface area (Å²) in [5.41, 5.74) is 3.61. The molecule has 6 aromatic rings. The molecule has 0 atom stereocenters. The number of sulfonamides is 2. The highest BCUT2D eigenvalue weighted by Gasteiger charge is 2.25. The molecule has 0 saturated carbocycles. The predicted molar refractivity (Wildman–Crippen MR) is 218 cm³/mol. The third kappa shape index (κ3) is 10.7. The van der Waals surface area contributed by atoms with Gasteiger partial charge in [0.1, 0.15) is 11.6 Å². The molecule has 1 N–H and O–H groups in total. The average molecular weight is 892 g/mol. The van der Waals surface area contributed by atoms with Crippen LogP contribution in [0.15, 0.2) is 85.2 Å². The highest BCUT2D eigenvalue weighted by Crippen LogP contribution is 2.31. The lowest BCUT2D eigenvalue weighted by atomic mass is 10.1. The van der Waals surface area contributed by atoms with E-state index < -0.39 is 43.6 Å². The van der Waals surface area contributed by atoms with Gasteiger partial charge in [-0.15, -0.1) is 0 Å². The maximum atomic E-state index is 14.6. The molecule has 0 spiro atoms. The van der Waals surface area contributed by atoms with E-state index in [9.17, 15) is 35.2 Å². The summed E-state index contributed by atoms with van der Waals surface area (Å²) in [5, 5.41) is 10.2. The van der Waals surface area contributed by atoms with Crippen LogP contribution in [0.2, 0.25) is 0 Å². The van der Waals surface area contributed by atoms with Crippen molar-refractivity contribution >= 4 is 81.1 Å². The number of benzene rings is 4. The number of nitrogens with one attached hydrogen (secondary N) is 1. The summed E-state index contributed by atoms with van der Waals surface area (Å²) in [7, 11) is -0.896. The predicted octanol–water partition coefficient (Wildman–Crippen LogP) is 6.70. The van der Waals surface area contributed by atoms with Crippen LogP contribution in [0.4, 0.5) is 20.2 Å². The number of aromatic nitrogens is 4. The van der Waals surface area contributed by atoms with Gasteiger partial charge in [-0.2, -0.15) is 10.2 Å². The molecule has 0 aliphatic carbocycles. The highest BCUT2D eigenvalue weighted by atomic mass is 79.9. The summed E-state index contributed by atoms with van der Waals surface area (Å²) >= 11 is 3.13. The number of fused-ring (bicyclic) bond motifs is 2. The van der Waals surface area contributed by atoms with E-state index in [2.05, 4.69) is 40.3 Å². The van der Waals surface area contributed by atoms with Crippen molar-refractivity contribution in [1.29, 1.82) is 0 Å². The van der Waals surface area contributed by atoms with Gasteiger partial charge in [0.2, 0.25) is 20.0 Å². The number of hydrogen-bond donors (Lipinski definition) is 1. The number of esters is 2. The Morgan fingerprint density at radius 1 is 0.754 bits per heavy atom. The van der Waals surface area contributed by atoms with E-state index in [4.69, 9.17) is 0 Å². The minimum Gasteiger partial charge on any atom is -0.465 e. The molecule has 0 saturated heterocycles. The molecule has 0 unspecified atom stereocenters. The maximum Gasteiger partial charge on any atom is 0.337 e. The molecule has 304 valence electrons. The van der Waals surface area contributed by atoms with Crippen LogP contribution in [-0.2, 0) is 55.5 Å². The summed E-state index contributed by atoms with van der Waals surface area (Å²) in [5.74, 6) is -2.37. The van der Waals surface area contributed by atoms with Gasteiger partial charge in [-0.05, 0) is 67.9 Å². The lowest BCUT2D eigenvalue weighted by Gasteiger charge is -2.25. The molecule has 2 heterocycles. The molecule has 0 bridgehead atoms. The molecule has 0 fully saturated rings. The van der Waals surface area contributed by atoms with Gasteiger partial charge in [0.15, 0.2) is 0 Å². The lowest BCUT2D eigenvalue weighted by Crippen LogP contribution is -2.32. The molecule has 4 aromatic carbocycles. The number of anilines is 2. The van der Waals surface area contributed by atoms with Crippen molar-refractivity contribution in [2.45, 2.75) is 25.7 Å². The van der Waals surface area contributed by atoms with Gasteiger partial charge in [0.25, 0.3) is 0 Å². The first-order valence-electron chi connectivity index (χ1n) is 17.1. The summed E-state index contributed by atoms with van der Waals surface area (Å²) in [4.78, 5) is 22.5. The van der Waals surface area contributed by atoms with Crippen LogP contribution < -0.4 is 9.03 Å². The summed E-state index contributed by atoms with van der Waals surface area (Å²) in [6.45, 7) is 2.92. The molecular formula is C38H41BrF2N6O8S2.